The van der Waals surface area contributed by atoms with E-state index in [9.17, 15) is 19.8 Å². The summed E-state index contributed by atoms with van der Waals surface area (Å²) in [4.78, 5) is 24.3. The van der Waals surface area contributed by atoms with Gasteiger partial charge in [0, 0.05) is 12.8 Å². The molecule has 0 aromatic heterocycles. The van der Waals surface area contributed by atoms with Crippen LogP contribution in [0.1, 0.15) is 239 Å². The fraction of sp³-hybridized carbons (Fsp3) is 0.911. The van der Waals surface area contributed by atoms with Crippen LogP contribution in [0.5, 0.6) is 0 Å². The normalized spacial score (nSPS) is 12.8. The molecule has 3 N–H and O–H groups in total. The molecule has 0 aliphatic heterocycles. The predicted molar refractivity (Wildman–Crippen MR) is 218 cm³/mol. The van der Waals surface area contributed by atoms with Gasteiger partial charge in [-0.25, -0.2) is 0 Å². The van der Waals surface area contributed by atoms with Crippen molar-refractivity contribution in [3.63, 3.8) is 0 Å². The van der Waals surface area contributed by atoms with Crippen molar-refractivity contribution in [2.75, 3.05) is 13.2 Å². The Labute approximate surface area is 317 Å². The molecule has 0 fully saturated rings. The topological polar surface area (TPSA) is 95.9 Å². The number of carbonyl (C=O) groups is 2. The Morgan fingerprint density at radius 2 is 0.922 bits per heavy atom. The Bertz CT molecular complexity index is 757. The molecule has 51 heavy (non-hydrogen) atoms. The summed E-state index contributed by atoms with van der Waals surface area (Å²) in [5, 5.41) is 23.0. The highest BCUT2D eigenvalue weighted by Gasteiger charge is 2.20. The average molecular weight is 722 g/mol. The van der Waals surface area contributed by atoms with Crippen molar-refractivity contribution in [3.05, 3.63) is 12.2 Å². The number of amides is 1. The number of esters is 1. The van der Waals surface area contributed by atoms with Gasteiger partial charge in [0.1, 0.15) is 0 Å². The van der Waals surface area contributed by atoms with Crippen LogP contribution < -0.4 is 5.32 Å². The largest absolute Gasteiger partial charge is 0.466 e. The maximum absolute atomic E-state index is 12.4. The highest BCUT2D eigenvalue weighted by molar-refractivity contribution is 5.76. The van der Waals surface area contributed by atoms with Gasteiger partial charge in [-0.15, -0.1) is 0 Å². The second-order valence-corrected chi connectivity index (χ2v) is 15.4. The number of hydrogen-bond donors (Lipinski definition) is 3. The Balaban J connectivity index is 3.44. The van der Waals surface area contributed by atoms with Crippen molar-refractivity contribution in [2.24, 2.45) is 0 Å². The van der Waals surface area contributed by atoms with E-state index in [0.29, 0.717) is 25.9 Å². The van der Waals surface area contributed by atoms with E-state index in [1.165, 1.54) is 154 Å². The second-order valence-electron chi connectivity index (χ2n) is 15.4. The van der Waals surface area contributed by atoms with E-state index in [4.69, 9.17) is 4.74 Å². The molecule has 2 atom stereocenters. The van der Waals surface area contributed by atoms with Crippen molar-refractivity contribution >= 4 is 11.9 Å². The summed E-state index contributed by atoms with van der Waals surface area (Å²) in [5.41, 5.74) is 0. The van der Waals surface area contributed by atoms with E-state index < -0.39 is 12.1 Å². The maximum atomic E-state index is 12.4. The van der Waals surface area contributed by atoms with Gasteiger partial charge in [-0.05, 0) is 51.4 Å². The Hall–Kier alpha value is -1.40. The molecule has 0 aliphatic rings. The third-order valence-corrected chi connectivity index (χ3v) is 10.3. The minimum Gasteiger partial charge on any atom is -0.466 e. The lowest BCUT2D eigenvalue weighted by molar-refractivity contribution is -0.143. The number of unbranched alkanes of at least 4 members (excludes halogenated alkanes) is 28. The van der Waals surface area contributed by atoms with E-state index in [1.807, 2.05) is 0 Å². The number of aliphatic hydroxyl groups is 2. The Morgan fingerprint density at radius 3 is 1.43 bits per heavy atom. The zero-order valence-corrected chi connectivity index (χ0v) is 34.1. The van der Waals surface area contributed by atoms with Crippen LogP contribution in [-0.4, -0.2) is 47.4 Å². The summed E-state index contributed by atoms with van der Waals surface area (Å²) in [6, 6.07) is -0.548. The smallest absolute Gasteiger partial charge is 0.305 e. The van der Waals surface area contributed by atoms with Crippen LogP contribution in [0.25, 0.3) is 0 Å². The van der Waals surface area contributed by atoms with Gasteiger partial charge in [-0.2, -0.15) is 0 Å². The van der Waals surface area contributed by atoms with Gasteiger partial charge in [0.05, 0.1) is 25.4 Å². The highest BCUT2D eigenvalue weighted by atomic mass is 16.5. The molecule has 0 aliphatic carbocycles. The molecule has 2 unspecified atom stereocenters. The summed E-state index contributed by atoms with van der Waals surface area (Å²) in [6.45, 7) is 4.86. The summed E-state index contributed by atoms with van der Waals surface area (Å²) in [5.74, 6) is -0.0675. The monoisotopic (exact) mass is 722 g/mol. The van der Waals surface area contributed by atoms with Gasteiger partial charge >= 0.3 is 5.97 Å². The van der Waals surface area contributed by atoms with Crippen LogP contribution in [0.2, 0.25) is 0 Å². The van der Waals surface area contributed by atoms with Gasteiger partial charge in [0.2, 0.25) is 5.91 Å². The molecule has 0 saturated carbocycles. The van der Waals surface area contributed by atoms with Crippen molar-refractivity contribution in [1.82, 2.24) is 5.32 Å². The molecule has 6 nitrogen and oxygen atoms in total. The van der Waals surface area contributed by atoms with Gasteiger partial charge in [0.15, 0.2) is 0 Å². The van der Waals surface area contributed by atoms with E-state index in [-0.39, 0.29) is 18.5 Å². The van der Waals surface area contributed by atoms with Crippen molar-refractivity contribution in [1.29, 1.82) is 0 Å². The summed E-state index contributed by atoms with van der Waals surface area (Å²) in [7, 11) is 0. The average Bonchev–Trinajstić information content (AvgIpc) is 3.13. The Morgan fingerprint density at radius 1 is 0.529 bits per heavy atom. The van der Waals surface area contributed by atoms with Crippen molar-refractivity contribution in [3.8, 4) is 0 Å². The number of allylic oxidation sites excluding steroid dienone is 2. The van der Waals surface area contributed by atoms with Crippen LogP contribution in [0.3, 0.4) is 0 Å². The molecule has 0 bridgehead atoms. The highest BCUT2D eigenvalue weighted by Crippen LogP contribution is 2.15. The zero-order chi connectivity index (χ0) is 37.3. The SMILES string of the molecule is CCCCC/C=C\CCCCCCCC(=O)OCCCCCCCCCCCCCCCC(=O)NC(CO)C(O)CCCCCCCCCCC. The number of rotatable bonds is 41. The van der Waals surface area contributed by atoms with Crippen LogP contribution in [0.15, 0.2) is 12.2 Å². The number of hydrogen-bond acceptors (Lipinski definition) is 5. The van der Waals surface area contributed by atoms with Crippen molar-refractivity contribution in [2.45, 2.75) is 251 Å². The molecular formula is C45H87NO5. The maximum Gasteiger partial charge on any atom is 0.305 e. The zero-order valence-electron chi connectivity index (χ0n) is 34.1. The summed E-state index contributed by atoms with van der Waals surface area (Å²) >= 11 is 0. The molecule has 0 radical (unpaired) electrons. The molecular weight excluding hydrogens is 634 g/mol. The minimum absolute atomic E-state index is 0.0162. The molecule has 0 heterocycles. The quantitative estimate of drug-likeness (QED) is 0.0332. The minimum atomic E-state index is -0.669. The molecule has 302 valence electrons. The standard InChI is InChI=1S/C45H87NO5/c1-3-5-7-9-11-13-14-19-23-27-31-35-39-45(50)51-40-36-32-28-24-20-17-15-16-18-22-26-30-34-38-44(49)46-42(41-47)43(48)37-33-29-25-21-12-10-8-6-4-2/h11,13,42-43,47-48H,3-10,12,14-41H2,1-2H3,(H,46,49)/b13-11-. The lowest BCUT2D eigenvalue weighted by atomic mass is 10.0. The molecule has 0 aromatic rings. The van der Waals surface area contributed by atoms with Crippen LogP contribution in [-0.2, 0) is 14.3 Å². The van der Waals surface area contributed by atoms with Gasteiger partial charge in [-0.3, -0.25) is 9.59 Å². The third kappa shape index (κ3) is 38.1. The lowest BCUT2D eigenvalue weighted by Crippen LogP contribution is -2.45. The summed E-state index contributed by atoms with van der Waals surface area (Å²) < 4.78 is 5.43. The fourth-order valence-corrected chi connectivity index (χ4v) is 6.81. The molecule has 1 amide bonds. The fourth-order valence-electron chi connectivity index (χ4n) is 6.81. The third-order valence-electron chi connectivity index (χ3n) is 10.3. The number of carbonyl (C=O) groups excluding carboxylic acids is 2. The van der Waals surface area contributed by atoms with Gasteiger partial charge in [0.25, 0.3) is 0 Å². The van der Waals surface area contributed by atoms with Crippen LogP contribution >= 0.6 is 0 Å². The van der Waals surface area contributed by atoms with E-state index in [1.54, 1.807) is 0 Å². The number of nitrogens with one attached hydrogen (secondary N) is 1. The van der Waals surface area contributed by atoms with E-state index >= 15 is 0 Å². The lowest BCUT2D eigenvalue weighted by Gasteiger charge is -2.22. The van der Waals surface area contributed by atoms with Crippen LogP contribution in [0, 0.1) is 0 Å². The van der Waals surface area contributed by atoms with Crippen LogP contribution in [0.4, 0.5) is 0 Å². The first kappa shape index (κ1) is 49.6. The van der Waals surface area contributed by atoms with E-state index in [0.717, 1.165) is 51.4 Å². The molecule has 0 rings (SSSR count). The molecule has 0 aromatic carbocycles. The second kappa shape index (κ2) is 41.4. The first-order valence-electron chi connectivity index (χ1n) is 22.4. The first-order valence-corrected chi connectivity index (χ1v) is 22.4. The summed E-state index contributed by atoms with van der Waals surface area (Å²) in [6.07, 6.45) is 44.5. The first-order chi connectivity index (χ1) is 25.0. The van der Waals surface area contributed by atoms with Gasteiger partial charge in [-0.1, -0.05) is 187 Å². The Kier molecular flexibility index (Phi) is 40.2. The number of aliphatic hydroxyl groups excluding tert-OH is 2. The molecule has 0 spiro atoms. The van der Waals surface area contributed by atoms with Crippen molar-refractivity contribution < 1.29 is 24.5 Å². The molecule has 6 heteroatoms. The predicted octanol–water partition coefficient (Wildman–Crippen LogP) is 12.6. The van der Waals surface area contributed by atoms with E-state index in [2.05, 4.69) is 31.3 Å². The number of ether oxygens (including phenoxy) is 1. The van der Waals surface area contributed by atoms with Gasteiger partial charge < -0.3 is 20.3 Å². The molecule has 0 saturated heterocycles.